The number of benzene rings is 2. The van der Waals surface area contributed by atoms with Gasteiger partial charge in [0.25, 0.3) is 0 Å². The number of rotatable bonds is 2. The molecule has 2 aromatic rings. The third-order valence-corrected chi connectivity index (χ3v) is 4.09. The lowest BCUT2D eigenvalue weighted by Gasteiger charge is -2.15. The van der Waals surface area contributed by atoms with Crippen LogP contribution >= 0.6 is 27.5 Å². The Morgan fingerprint density at radius 3 is 2.32 bits per heavy atom. The Hall–Kier alpha value is -0.930. The van der Waals surface area contributed by atoms with Crippen molar-refractivity contribution in [2.75, 3.05) is 0 Å². The van der Waals surface area contributed by atoms with Crippen LogP contribution < -0.4 is 0 Å². The van der Waals surface area contributed by atoms with Gasteiger partial charge in [-0.1, -0.05) is 23.8 Å². The third-order valence-electron chi connectivity index (χ3n) is 3.01. The van der Waals surface area contributed by atoms with E-state index in [1.54, 1.807) is 0 Å². The van der Waals surface area contributed by atoms with Crippen molar-refractivity contribution in [3.63, 3.8) is 0 Å². The molecule has 2 aromatic carbocycles. The Bertz CT molecular complexity index is 626. The van der Waals surface area contributed by atoms with Crippen molar-refractivity contribution < 1.29 is 8.78 Å². The Morgan fingerprint density at radius 2 is 1.68 bits per heavy atom. The Kier molecular flexibility index (Phi) is 4.26. The van der Waals surface area contributed by atoms with Gasteiger partial charge in [-0.3, -0.25) is 0 Å². The van der Waals surface area contributed by atoms with Crippen molar-refractivity contribution in [1.29, 1.82) is 0 Å². The summed E-state index contributed by atoms with van der Waals surface area (Å²) in [6.45, 7) is 3.88. The van der Waals surface area contributed by atoms with Gasteiger partial charge in [-0.15, -0.1) is 11.6 Å². The van der Waals surface area contributed by atoms with Gasteiger partial charge in [0.15, 0.2) is 0 Å². The van der Waals surface area contributed by atoms with E-state index in [0.29, 0.717) is 0 Å². The van der Waals surface area contributed by atoms with Crippen molar-refractivity contribution in [2.45, 2.75) is 19.2 Å². The lowest BCUT2D eigenvalue weighted by molar-refractivity contribution is 0.582. The minimum atomic E-state index is -0.705. The summed E-state index contributed by atoms with van der Waals surface area (Å²) in [6, 6.07) is 7.96. The second-order valence-corrected chi connectivity index (χ2v) is 5.80. The Labute approximate surface area is 124 Å². The molecule has 1 unspecified atom stereocenters. The van der Waals surface area contributed by atoms with Crippen molar-refractivity contribution in [3.8, 4) is 0 Å². The van der Waals surface area contributed by atoms with Gasteiger partial charge in [-0.05, 0) is 53.0 Å². The maximum Gasteiger partial charge on any atom is 0.137 e. The van der Waals surface area contributed by atoms with E-state index in [9.17, 15) is 8.78 Å². The summed E-state index contributed by atoms with van der Waals surface area (Å²) in [5.41, 5.74) is 3.00. The molecule has 2 rings (SSSR count). The molecule has 0 spiro atoms. The van der Waals surface area contributed by atoms with Crippen LogP contribution in [0.5, 0.6) is 0 Å². The average molecular weight is 346 g/mol. The number of hydrogen-bond donors (Lipinski definition) is 0. The molecule has 4 heteroatoms. The summed E-state index contributed by atoms with van der Waals surface area (Å²) in [5.74, 6) is -1.04. The van der Waals surface area contributed by atoms with Gasteiger partial charge in [0, 0.05) is 5.56 Å². The molecule has 0 aromatic heterocycles. The van der Waals surface area contributed by atoms with Crippen LogP contribution in [0.1, 0.15) is 27.6 Å². The Morgan fingerprint density at radius 1 is 1.00 bits per heavy atom. The van der Waals surface area contributed by atoms with Gasteiger partial charge in [-0.25, -0.2) is 8.78 Å². The van der Waals surface area contributed by atoms with Gasteiger partial charge in [0.2, 0.25) is 0 Å². The highest BCUT2D eigenvalue weighted by Crippen LogP contribution is 2.34. The van der Waals surface area contributed by atoms with Crippen LogP contribution in [0.3, 0.4) is 0 Å². The van der Waals surface area contributed by atoms with Gasteiger partial charge in [0.05, 0.1) is 9.85 Å². The normalized spacial score (nSPS) is 12.5. The summed E-state index contributed by atoms with van der Waals surface area (Å²) in [7, 11) is 0. The standard InChI is InChI=1S/C15H12BrClF2/c1-8-3-4-10(9(2)5-8)15(17)11-6-14(19)12(16)7-13(11)18/h3-7,15H,1-2H3. The van der Waals surface area contributed by atoms with Crippen LogP contribution in [0.15, 0.2) is 34.8 Å². The van der Waals surface area contributed by atoms with E-state index in [1.807, 2.05) is 32.0 Å². The molecule has 0 aliphatic heterocycles. The second-order valence-electron chi connectivity index (χ2n) is 4.51. The molecule has 19 heavy (non-hydrogen) atoms. The first-order chi connectivity index (χ1) is 8.90. The molecule has 0 aliphatic carbocycles. The lowest BCUT2D eigenvalue weighted by atomic mass is 9.98. The molecule has 1 atom stereocenters. The number of aryl methyl sites for hydroxylation is 2. The molecular weight excluding hydrogens is 334 g/mol. The predicted molar refractivity (Wildman–Crippen MR) is 77.7 cm³/mol. The van der Waals surface area contributed by atoms with Crippen LogP contribution in [0.4, 0.5) is 8.78 Å². The van der Waals surface area contributed by atoms with Crippen LogP contribution in [-0.4, -0.2) is 0 Å². The monoisotopic (exact) mass is 344 g/mol. The van der Waals surface area contributed by atoms with Gasteiger partial charge >= 0.3 is 0 Å². The highest BCUT2D eigenvalue weighted by molar-refractivity contribution is 9.10. The zero-order valence-electron chi connectivity index (χ0n) is 10.5. The van der Waals surface area contributed by atoms with E-state index < -0.39 is 17.0 Å². The quantitative estimate of drug-likeness (QED) is 0.486. The van der Waals surface area contributed by atoms with Crippen LogP contribution in [0, 0.1) is 25.5 Å². The summed E-state index contributed by atoms with van der Waals surface area (Å²) in [5, 5.41) is -0.705. The molecule has 0 amide bonds. The summed E-state index contributed by atoms with van der Waals surface area (Å²) in [6.07, 6.45) is 0. The summed E-state index contributed by atoms with van der Waals surface area (Å²) in [4.78, 5) is 0. The van der Waals surface area contributed by atoms with E-state index in [2.05, 4.69) is 15.9 Å². The zero-order valence-corrected chi connectivity index (χ0v) is 12.8. The van der Waals surface area contributed by atoms with E-state index in [1.165, 1.54) is 0 Å². The van der Waals surface area contributed by atoms with Crippen molar-refractivity contribution in [3.05, 3.63) is 68.7 Å². The van der Waals surface area contributed by atoms with Gasteiger partial charge in [-0.2, -0.15) is 0 Å². The summed E-state index contributed by atoms with van der Waals surface area (Å²) < 4.78 is 27.5. The highest BCUT2D eigenvalue weighted by atomic mass is 79.9. The van der Waals surface area contributed by atoms with Crippen LogP contribution in [0.25, 0.3) is 0 Å². The zero-order chi connectivity index (χ0) is 14.2. The van der Waals surface area contributed by atoms with E-state index >= 15 is 0 Å². The molecule has 0 nitrogen and oxygen atoms in total. The third kappa shape index (κ3) is 2.98. The molecular formula is C15H12BrClF2. The fourth-order valence-corrected chi connectivity index (χ4v) is 2.74. The van der Waals surface area contributed by atoms with Gasteiger partial charge < -0.3 is 0 Å². The predicted octanol–water partition coefficient (Wildman–Crippen LogP) is 5.67. The molecule has 0 N–H and O–H groups in total. The highest BCUT2D eigenvalue weighted by Gasteiger charge is 2.19. The average Bonchev–Trinajstić information content (AvgIpc) is 2.33. The maximum absolute atomic E-state index is 13.9. The first-order valence-electron chi connectivity index (χ1n) is 5.76. The number of halogens is 4. The van der Waals surface area contributed by atoms with Crippen LogP contribution in [-0.2, 0) is 0 Å². The van der Waals surface area contributed by atoms with E-state index in [-0.39, 0.29) is 10.0 Å². The number of hydrogen-bond acceptors (Lipinski definition) is 0. The first kappa shape index (κ1) is 14.5. The smallest absolute Gasteiger partial charge is 0.137 e. The molecule has 0 saturated heterocycles. The first-order valence-corrected chi connectivity index (χ1v) is 6.98. The fraction of sp³-hybridized carbons (Fsp3) is 0.200. The van der Waals surface area contributed by atoms with Crippen molar-refractivity contribution in [1.82, 2.24) is 0 Å². The largest absolute Gasteiger partial charge is 0.207 e. The summed E-state index contributed by atoms with van der Waals surface area (Å²) >= 11 is 9.25. The molecule has 0 fully saturated rings. The van der Waals surface area contributed by atoms with E-state index in [0.717, 1.165) is 28.8 Å². The minimum absolute atomic E-state index is 0.0956. The van der Waals surface area contributed by atoms with Crippen molar-refractivity contribution >= 4 is 27.5 Å². The molecule has 0 heterocycles. The second kappa shape index (κ2) is 5.59. The van der Waals surface area contributed by atoms with E-state index in [4.69, 9.17) is 11.6 Å². The molecule has 0 saturated carbocycles. The molecule has 0 bridgehead atoms. The van der Waals surface area contributed by atoms with Crippen molar-refractivity contribution in [2.24, 2.45) is 0 Å². The van der Waals surface area contributed by atoms with Gasteiger partial charge in [0.1, 0.15) is 11.6 Å². The molecule has 0 radical (unpaired) electrons. The molecule has 100 valence electrons. The maximum atomic E-state index is 13.9. The minimum Gasteiger partial charge on any atom is -0.207 e. The lowest BCUT2D eigenvalue weighted by Crippen LogP contribution is -2.01. The topological polar surface area (TPSA) is 0 Å². The Balaban J connectivity index is 2.49. The molecule has 0 aliphatic rings. The van der Waals surface area contributed by atoms with Crippen LogP contribution in [0.2, 0.25) is 0 Å². The number of alkyl halides is 1. The SMILES string of the molecule is Cc1ccc(C(Cl)c2cc(F)c(Br)cc2F)c(C)c1. The fourth-order valence-electron chi connectivity index (χ4n) is 2.01.